The van der Waals surface area contributed by atoms with E-state index in [1.807, 2.05) is 54.4 Å². The van der Waals surface area contributed by atoms with Crippen molar-refractivity contribution >= 4 is 34.0 Å². The number of nitrogens with zero attached hydrogens (tertiary/aromatic N) is 2. The van der Waals surface area contributed by atoms with Gasteiger partial charge in [0.25, 0.3) is 0 Å². The highest BCUT2D eigenvalue weighted by atomic mass is 32.2. The molecule has 0 atom stereocenters. The Morgan fingerprint density at radius 3 is 2.85 bits per heavy atom. The molecule has 6 heteroatoms. The van der Waals surface area contributed by atoms with Crippen LogP contribution in [0, 0.1) is 0 Å². The second-order valence-electron chi connectivity index (χ2n) is 6.54. The van der Waals surface area contributed by atoms with Crippen LogP contribution in [-0.4, -0.2) is 35.5 Å². The topological polar surface area (TPSA) is 56.3 Å². The molecule has 1 aliphatic heterocycles. The number of ether oxygens (including phenoxy) is 2. The van der Waals surface area contributed by atoms with Gasteiger partial charge in [-0.15, -0.1) is 0 Å². The largest absolute Gasteiger partial charge is 0.497 e. The van der Waals surface area contributed by atoms with Crippen molar-refractivity contribution in [2.45, 2.75) is 23.8 Å². The Balaban J connectivity index is 1.48. The van der Waals surface area contributed by atoms with Crippen molar-refractivity contribution in [2.24, 2.45) is 0 Å². The molecular formula is C21H23N3O2S. The molecule has 0 radical (unpaired) electrons. The normalized spacial score (nSPS) is 15.0. The van der Waals surface area contributed by atoms with E-state index in [4.69, 9.17) is 14.5 Å². The first kappa shape index (κ1) is 18.1. The first-order chi connectivity index (χ1) is 13.3. The number of thioether (sulfide) groups is 1. The monoisotopic (exact) mass is 381 g/mol. The van der Waals surface area contributed by atoms with E-state index in [1.54, 1.807) is 7.11 Å². The Hall–Kier alpha value is -2.31. The Morgan fingerprint density at radius 2 is 2.00 bits per heavy atom. The SMILES string of the molecule is COc1cccc(Nc2ccc3cnc(CSC4CCOCC4)nc3c2)c1. The maximum atomic E-state index is 5.43. The van der Waals surface area contributed by atoms with Crippen LogP contribution in [0.3, 0.4) is 0 Å². The summed E-state index contributed by atoms with van der Waals surface area (Å²) in [7, 11) is 1.67. The van der Waals surface area contributed by atoms with Gasteiger partial charge in [0.15, 0.2) is 0 Å². The van der Waals surface area contributed by atoms with Crippen LogP contribution in [-0.2, 0) is 10.5 Å². The van der Waals surface area contributed by atoms with E-state index in [0.29, 0.717) is 5.25 Å². The summed E-state index contributed by atoms with van der Waals surface area (Å²) < 4.78 is 10.7. The van der Waals surface area contributed by atoms with Crippen LogP contribution in [0.4, 0.5) is 11.4 Å². The summed E-state index contributed by atoms with van der Waals surface area (Å²) in [4.78, 5) is 9.30. The van der Waals surface area contributed by atoms with Crippen molar-refractivity contribution < 1.29 is 9.47 Å². The van der Waals surface area contributed by atoms with Crippen LogP contribution < -0.4 is 10.1 Å². The summed E-state index contributed by atoms with van der Waals surface area (Å²) in [5, 5.41) is 5.11. The lowest BCUT2D eigenvalue weighted by Gasteiger charge is -2.21. The third kappa shape index (κ3) is 4.70. The summed E-state index contributed by atoms with van der Waals surface area (Å²) >= 11 is 1.94. The standard InChI is InChI=1S/C21H23N3O2S/c1-25-18-4-2-3-16(11-18)23-17-6-5-15-13-22-21(24-20(15)12-17)14-27-19-7-9-26-10-8-19/h2-6,11-13,19,23H,7-10,14H2,1H3. The second kappa shape index (κ2) is 8.59. The van der Waals surface area contributed by atoms with Crippen LogP contribution in [0.1, 0.15) is 18.7 Å². The van der Waals surface area contributed by atoms with Gasteiger partial charge in [-0.25, -0.2) is 9.97 Å². The minimum Gasteiger partial charge on any atom is -0.497 e. The molecule has 1 N–H and O–H groups in total. The predicted molar refractivity (Wildman–Crippen MR) is 111 cm³/mol. The number of anilines is 2. The molecule has 27 heavy (non-hydrogen) atoms. The van der Waals surface area contributed by atoms with E-state index in [1.165, 1.54) is 0 Å². The fourth-order valence-electron chi connectivity index (χ4n) is 3.11. The first-order valence-electron chi connectivity index (χ1n) is 9.16. The van der Waals surface area contributed by atoms with Crippen molar-refractivity contribution in [1.82, 2.24) is 9.97 Å². The number of aromatic nitrogens is 2. The van der Waals surface area contributed by atoms with E-state index in [-0.39, 0.29) is 0 Å². The molecule has 0 unspecified atom stereocenters. The van der Waals surface area contributed by atoms with Gasteiger partial charge in [-0.1, -0.05) is 6.07 Å². The van der Waals surface area contributed by atoms with Crippen molar-refractivity contribution in [2.75, 3.05) is 25.6 Å². The lowest BCUT2D eigenvalue weighted by molar-refractivity contribution is 0.1000. The van der Waals surface area contributed by atoms with Crippen molar-refractivity contribution in [1.29, 1.82) is 0 Å². The number of benzene rings is 2. The minimum absolute atomic E-state index is 0.652. The zero-order valence-corrected chi connectivity index (χ0v) is 16.2. The fraction of sp³-hybridized carbons (Fsp3) is 0.333. The number of hydrogen-bond donors (Lipinski definition) is 1. The molecule has 1 aliphatic rings. The van der Waals surface area contributed by atoms with Gasteiger partial charge in [0.2, 0.25) is 0 Å². The number of nitrogens with one attached hydrogen (secondary N) is 1. The van der Waals surface area contributed by atoms with Gasteiger partial charge in [0, 0.05) is 47.5 Å². The highest BCUT2D eigenvalue weighted by Crippen LogP contribution is 2.26. The summed E-state index contributed by atoms with van der Waals surface area (Å²) in [6.45, 7) is 1.74. The fourth-order valence-corrected chi connectivity index (χ4v) is 4.16. The number of rotatable bonds is 6. The zero-order valence-electron chi connectivity index (χ0n) is 15.4. The molecular weight excluding hydrogens is 358 g/mol. The van der Waals surface area contributed by atoms with Crippen molar-refractivity contribution in [3.63, 3.8) is 0 Å². The van der Waals surface area contributed by atoms with E-state index in [9.17, 15) is 0 Å². The quantitative estimate of drug-likeness (QED) is 0.662. The molecule has 0 amide bonds. The molecule has 0 saturated carbocycles. The minimum atomic E-state index is 0.652. The lowest BCUT2D eigenvalue weighted by Crippen LogP contribution is -2.17. The third-order valence-corrected chi connectivity index (χ3v) is 5.98. The van der Waals surface area contributed by atoms with Crippen LogP contribution in [0.2, 0.25) is 0 Å². The summed E-state index contributed by atoms with van der Waals surface area (Å²) in [6.07, 6.45) is 4.15. The average molecular weight is 382 g/mol. The second-order valence-corrected chi connectivity index (χ2v) is 7.83. The molecule has 2 heterocycles. The number of hydrogen-bond acceptors (Lipinski definition) is 6. The van der Waals surface area contributed by atoms with E-state index in [0.717, 1.165) is 65.7 Å². The third-order valence-electron chi connectivity index (χ3n) is 4.61. The van der Waals surface area contributed by atoms with E-state index in [2.05, 4.69) is 16.4 Å². The van der Waals surface area contributed by atoms with Gasteiger partial charge in [-0.05, 0) is 43.2 Å². The summed E-state index contributed by atoms with van der Waals surface area (Å²) in [5.74, 6) is 2.56. The van der Waals surface area contributed by atoms with Gasteiger partial charge in [0.05, 0.1) is 18.4 Å². The summed E-state index contributed by atoms with van der Waals surface area (Å²) in [5.41, 5.74) is 2.94. The molecule has 4 rings (SSSR count). The molecule has 1 saturated heterocycles. The Labute approximate surface area is 163 Å². The van der Waals surface area contributed by atoms with Crippen molar-refractivity contribution in [3.8, 4) is 5.75 Å². The summed E-state index contributed by atoms with van der Waals surface area (Å²) in [6, 6.07) is 14.0. The number of methoxy groups -OCH3 is 1. The highest BCUT2D eigenvalue weighted by Gasteiger charge is 2.14. The molecule has 1 aromatic heterocycles. The van der Waals surface area contributed by atoms with Gasteiger partial charge >= 0.3 is 0 Å². The van der Waals surface area contributed by atoms with E-state index >= 15 is 0 Å². The van der Waals surface area contributed by atoms with Crippen LogP contribution in [0.15, 0.2) is 48.7 Å². The first-order valence-corrected chi connectivity index (χ1v) is 10.2. The highest BCUT2D eigenvalue weighted by molar-refractivity contribution is 7.99. The van der Waals surface area contributed by atoms with Gasteiger partial charge < -0.3 is 14.8 Å². The average Bonchev–Trinajstić information content (AvgIpc) is 2.73. The molecule has 5 nitrogen and oxygen atoms in total. The molecule has 1 fully saturated rings. The predicted octanol–water partition coefficient (Wildman–Crippen LogP) is 4.79. The molecule has 0 aliphatic carbocycles. The van der Waals surface area contributed by atoms with Crippen LogP contribution in [0.5, 0.6) is 5.75 Å². The lowest BCUT2D eigenvalue weighted by atomic mass is 10.2. The Morgan fingerprint density at radius 1 is 1.15 bits per heavy atom. The maximum absolute atomic E-state index is 5.43. The smallest absolute Gasteiger partial charge is 0.138 e. The maximum Gasteiger partial charge on any atom is 0.138 e. The molecule has 3 aromatic rings. The van der Waals surface area contributed by atoms with Gasteiger partial charge in [-0.2, -0.15) is 11.8 Å². The van der Waals surface area contributed by atoms with Crippen LogP contribution in [0.25, 0.3) is 10.9 Å². The number of fused-ring (bicyclic) bond motifs is 1. The molecule has 0 bridgehead atoms. The zero-order chi connectivity index (χ0) is 18.5. The van der Waals surface area contributed by atoms with Gasteiger partial charge in [0.1, 0.15) is 11.6 Å². The molecule has 0 spiro atoms. The molecule has 2 aromatic carbocycles. The Kier molecular flexibility index (Phi) is 5.75. The van der Waals surface area contributed by atoms with Crippen LogP contribution >= 0.6 is 11.8 Å². The molecule has 140 valence electrons. The Bertz CT molecular complexity index is 913. The van der Waals surface area contributed by atoms with Crippen molar-refractivity contribution in [3.05, 3.63) is 54.5 Å². The van der Waals surface area contributed by atoms with E-state index < -0.39 is 0 Å². The van der Waals surface area contributed by atoms with Gasteiger partial charge in [-0.3, -0.25) is 0 Å².